The second kappa shape index (κ2) is 10.5. The fourth-order valence-electron chi connectivity index (χ4n) is 2.97. The summed E-state index contributed by atoms with van der Waals surface area (Å²) < 4.78 is 6.82. The third kappa shape index (κ3) is 5.86. The van der Waals surface area contributed by atoms with E-state index in [-0.39, 0.29) is 12.5 Å². The van der Waals surface area contributed by atoms with Gasteiger partial charge in [0.25, 0.3) is 5.91 Å². The molecule has 0 saturated carbocycles. The van der Waals surface area contributed by atoms with Crippen molar-refractivity contribution < 1.29 is 9.53 Å². The van der Waals surface area contributed by atoms with Gasteiger partial charge in [0, 0.05) is 18.1 Å². The summed E-state index contributed by atoms with van der Waals surface area (Å²) in [6.07, 6.45) is 0. The van der Waals surface area contributed by atoms with Crippen LogP contribution in [-0.4, -0.2) is 27.3 Å². The number of ether oxygens (including phenoxy) is 1. The highest BCUT2D eigenvalue weighted by atomic mass is 35.5. The zero-order chi connectivity index (χ0) is 22.2. The first-order chi connectivity index (χ1) is 15.7. The smallest absolute Gasteiger partial charge is 0.288 e. The Hall–Kier alpha value is -3.84. The van der Waals surface area contributed by atoms with Crippen LogP contribution in [0.3, 0.4) is 0 Å². The van der Waals surface area contributed by atoms with Crippen LogP contribution in [0.15, 0.2) is 84.9 Å². The van der Waals surface area contributed by atoms with Crippen molar-refractivity contribution in [1.82, 2.24) is 14.8 Å². The van der Waals surface area contributed by atoms with Crippen molar-refractivity contribution in [1.29, 1.82) is 0 Å². The predicted molar refractivity (Wildman–Crippen MR) is 125 cm³/mol. The minimum atomic E-state index is -0.351. The van der Waals surface area contributed by atoms with E-state index in [0.29, 0.717) is 35.8 Å². The lowest BCUT2D eigenvalue weighted by Gasteiger charge is -2.08. The third-order valence-corrected chi connectivity index (χ3v) is 4.86. The fraction of sp³-hybridized carbons (Fsp3) is 0.125. The molecule has 3 aromatic carbocycles. The summed E-state index contributed by atoms with van der Waals surface area (Å²) in [5, 5.41) is 11.3. The Labute approximate surface area is 191 Å². The van der Waals surface area contributed by atoms with Gasteiger partial charge in [0.1, 0.15) is 5.75 Å². The van der Waals surface area contributed by atoms with Gasteiger partial charge in [0.2, 0.25) is 11.9 Å². The van der Waals surface area contributed by atoms with Gasteiger partial charge in [0.05, 0.1) is 0 Å². The summed E-state index contributed by atoms with van der Waals surface area (Å²) in [7, 11) is 0. The quantitative estimate of drug-likeness (QED) is 0.381. The molecule has 0 aliphatic heterocycles. The average molecular weight is 448 g/mol. The third-order valence-electron chi connectivity index (χ3n) is 4.61. The minimum absolute atomic E-state index is 0.191. The first-order valence-electron chi connectivity index (χ1n) is 10.1. The first kappa shape index (κ1) is 21.4. The molecule has 1 heterocycles. The van der Waals surface area contributed by atoms with Gasteiger partial charge in [-0.15, -0.1) is 5.10 Å². The molecule has 7 nitrogen and oxygen atoms in total. The summed E-state index contributed by atoms with van der Waals surface area (Å²) in [5.74, 6) is 0.887. The summed E-state index contributed by atoms with van der Waals surface area (Å²) in [6.45, 7) is 0.852. The number of nitrogens with zero attached hydrogens (tertiary/aromatic N) is 3. The molecule has 162 valence electrons. The van der Waals surface area contributed by atoms with Crippen molar-refractivity contribution in [2.24, 2.45) is 0 Å². The van der Waals surface area contributed by atoms with E-state index in [0.717, 1.165) is 11.1 Å². The molecular weight excluding hydrogens is 426 g/mol. The molecule has 1 aromatic heterocycles. The van der Waals surface area contributed by atoms with Crippen LogP contribution in [0, 0.1) is 0 Å². The molecule has 0 radical (unpaired) electrons. The zero-order valence-corrected chi connectivity index (χ0v) is 18.0. The van der Waals surface area contributed by atoms with Crippen LogP contribution >= 0.6 is 11.6 Å². The Kier molecular flexibility index (Phi) is 6.99. The maximum absolute atomic E-state index is 12.8. The predicted octanol–water partition coefficient (Wildman–Crippen LogP) is 4.87. The Morgan fingerprint density at radius 2 is 1.44 bits per heavy atom. The average Bonchev–Trinajstić information content (AvgIpc) is 3.25. The number of halogens is 1. The van der Waals surface area contributed by atoms with Crippen molar-refractivity contribution in [3.05, 3.63) is 101 Å². The minimum Gasteiger partial charge on any atom is -0.484 e. The van der Waals surface area contributed by atoms with E-state index in [1.54, 1.807) is 24.3 Å². The maximum atomic E-state index is 12.8. The van der Waals surface area contributed by atoms with Crippen molar-refractivity contribution >= 4 is 29.4 Å². The maximum Gasteiger partial charge on any atom is 0.288 e. The molecule has 32 heavy (non-hydrogen) atoms. The molecule has 0 bridgehead atoms. The highest BCUT2D eigenvalue weighted by Crippen LogP contribution is 2.16. The molecule has 2 N–H and O–H groups in total. The number of aromatic nitrogens is 3. The molecular formula is C24H22ClN5O2. The second-order valence-electron chi connectivity index (χ2n) is 6.99. The van der Waals surface area contributed by atoms with Gasteiger partial charge >= 0.3 is 0 Å². The number of carbonyl (C=O) groups is 1. The molecule has 0 fully saturated rings. The number of nitrogens with one attached hydrogen (secondary N) is 2. The Morgan fingerprint density at radius 3 is 2.06 bits per heavy atom. The number of anilines is 2. The monoisotopic (exact) mass is 447 g/mol. The van der Waals surface area contributed by atoms with E-state index >= 15 is 0 Å². The van der Waals surface area contributed by atoms with Crippen LogP contribution in [0.5, 0.6) is 5.75 Å². The highest BCUT2D eigenvalue weighted by Gasteiger charge is 2.17. The second-order valence-corrected chi connectivity index (χ2v) is 7.42. The summed E-state index contributed by atoms with van der Waals surface area (Å²) in [6, 6.07) is 26.6. The number of benzene rings is 3. The van der Waals surface area contributed by atoms with E-state index in [1.807, 2.05) is 60.7 Å². The van der Waals surface area contributed by atoms with Crippen molar-refractivity contribution in [3.63, 3.8) is 0 Å². The van der Waals surface area contributed by atoms with Gasteiger partial charge in [-0.25, -0.2) is 0 Å². The van der Waals surface area contributed by atoms with Gasteiger partial charge in [-0.1, -0.05) is 72.3 Å². The highest BCUT2D eigenvalue weighted by molar-refractivity contribution is 6.30. The molecule has 0 amide bonds. The topological polar surface area (TPSA) is 81.1 Å². The summed E-state index contributed by atoms with van der Waals surface area (Å²) >= 11 is 5.89. The lowest BCUT2D eigenvalue weighted by atomic mass is 10.2. The number of carbonyl (C=O) groups excluding carboxylic acids is 1. The Morgan fingerprint density at radius 1 is 0.844 bits per heavy atom. The van der Waals surface area contributed by atoms with Gasteiger partial charge in [-0.2, -0.15) is 9.67 Å². The lowest BCUT2D eigenvalue weighted by Crippen LogP contribution is -2.22. The summed E-state index contributed by atoms with van der Waals surface area (Å²) in [4.78, 5) is 17.3. The van der Waals surface area contributed by atoms with Crippen molar-refractivity contribution in [2.75, 3.05) is 17.2 Å². The molecule has 0 saturated heterocycles. The first-order valence-corrected chi connectivity index (χ1v) is 10.5. The van der Waals surface area contributed by atoms with Crippen LogP contribution in [0.4, 0.5) is 11.9 Å². The molecule has 0 spiro atoms. The van der Waals surface area contributed by atoms with E-state index in [2.05, 4.69) is 20.7 Å². The lowest BCUT2D eigenvalue weighted by molar-refractivity contribution is 0.0824. The van der Waals surface area contributed by atoms with Crippen molar-refractivity contribution in [2.45, 2.75) is 13.1 Å². The molecule has 8 heteroatoms. The van der Waals surface area contributed by atoms with E-state index in [4.69, 9.17) is 16.3 Å². The van der Waals surface area contributed by atoms with Gasteiger partial charge < -0.3 is 15.4 Å². The zero-order valence-electron chi connectivity index (χ0n) is 17.2. The largest absolute Gasteiger partial charge is 0.484 e. The molecule has 0 aliphatic carbocycles. The SMILES string of the molecule is O=C(COc1ccc(Cl)cc1)n1nc(NCc2ccccc2)nc1NCc1ccccc1. The number of hydrogen-bond acceptors (Lipinski definition) is 6. The Bertz CT molecular complexity index is 1150. The van der Waals surface area contributed by atoms with E-state index in [1.165, 1.54) is 4.68 Å². The molecule has 4 aromatic rings. The summed E-state index contributed by atoms with van der Waals surface area (Å²) in [5.41, 5.74) is 2.14. The number of rotatable bonds is 9. The number of hydrogen-bond donors (Lipinski definition) is 2. The molecule has 4 rings (SSSR count). The molecule has 0 unspecified atom stereocenters. The van der Waals surface area contributed by atoms with Gasteiger partial charge in [-0.05, 0) is 35.4 Å². The Balaban J connectivity index is 1.47. The van der Waals surface area contributed by atoms with Crippen LogP contribution in [0.25, 0.3) is 0 Å². The molecule has 0 aliphatic rings. The standard InChI is InChI=1S/C24H22ClN5O2/c25-20-11-13-21(14-12-20)32-17-22(31)30-24(27-16-19-9-5-2-6-10-19)28-23(29-30)26-15-18-7-3-1-4-8-18/h1-14H,15-17H2,(H2,26,27,28,29). The van der Waals surface area contributed by atoms with Crippen molar-refractivity contribution in [3.8, 4) is 5.75 Å². The van der Waals surface area contributed by atoms with Crippen LogP contribution in [0.1, 0.15) is 15.9 Å². The fourth-order valence-corrected chi connectivity index (χ4v) is 3.09. The van der Waals surface area contributed by atoms with Gasteiger partial charge in [0.15, 0.2) is 6.61 Å². The van der Waals surface area contributed by atoms with Crippen LogP contribution in [0.2, 0.25) is 5.02 Å². The van der Waals surface area contributed by atoms with Gasteiger partial charge in [-0.3, -0.25) is 4.79 Å². The van der Waals surface area contributed by atoms with Crippen LogP contribution < -0.4 is 15.4 Å². The normalized spacial score (nSPS) is 10.5. The molecule has 0 atom stereocenters. The van der Waals surface area contributed by atoms with E-state index in [9.17, 15) is 4.79 Å². The van der Waals surface area contributed by atoms with Crippen LogP contribution in [-0.2, 0) is 13.1 Å². The van der Waals surface area contributed by atoms with E-state index < -0.39 is 0 Å².